The molecule has 3 aromatic heterocycles. The molecule has 94 valence electrons. The number of nitrogens with zero attached hydrogens (tertiary/aromatic N) is 3. The molecule has 3 aromatic rings. The summed E-state index contributed by atoms with van der Waals surface area (Å²) in [5.74, 6) is -0.661. The molecule has 0 saturated carbocycles. The van der Waals surface area contributed by atoms with Gasteiger partial charge in [0, 0.05) is 6.20 Å². The maximum atomic E-state index is 11.1. The molecule has 0 radical (unpaired) electrons. The monoisotopic (exact) mass is 273 g/mol. The fourth-order valence-corrected chi connectivity index (χ4v) is 2.35. The van der Waals surface area contributed by atoms with Gasteiger partial charge in [0.25, 0.3) is 0 Å². The summed E-state index contributed by atoms with van der Waals surface area (Å²) in [5, 5.41) is 10.9. The molecule has 0 unspecified atom stereocenters. The lowest BCUT2D eigenvalue weighted by molar-refractivity contribution is 0.0687. The highest BCUT2D eigenvalue weighted by Crippen LogP contribution is 2.31. The smallest absolute Gasteiger partial charge is 0.358 e. The largest absolute Gasteiger partial charge is 0.476 e. The normalized spacial score (nSPS) is 10.5. The van der Waals surface area contributed by atoms with Crippen LogP contribution in [-0.4, -0.2) is 26.0 Å². The molecule has 3 rings (SSSR count). The number of fused-ring (bicyclic) bond motifs is 1. The van der Waals surface area contributed by atoms with Gasteiger partial charge in [-0.1, -0.05) is 0 Å². The number of hydrogen-bond acceptors (Lipinski definition) is 6. The van der Waals surface area contributed by atoms with E-state index >= 15 is 0 Å². The third-order valence-corrected chi connectivity index (χ3v) is 3.28. The highest BCUT2D eigenvalue weighted by molar-refractivity contribution is 7.17. The molecule has 7 heteroatoms. The summed E-state index contributed by atoms with van der Waals surface area (Å²) >= 11 is 1.43. The fourth-order valence-electron chi connectivity index (χ4n) is 1.58. The van der Waals surface area contributed by atoms with Gasteiger partial charge in [-0.15, -0.1) is 11.3 Å². The highest BCUT2D eigenvalue weighted by Gasteiger charge is 2.15. The van der Waals surface area contributed by atoms with Crippen LogP contribution in [0.3, 0.4) is 0 Å². The van der Waals surface area contributed by atoms with Crippen molar-refractivity contribution in [3.8, 4) is 11.6 Å². The molecule has 0 aromatic carbocycles. The van der Waals surface area contributed by atoms with Crippen molar-refractivity contribution in [1.29, 1.82) is 0 Å². The topological polar surface area (TPSA) is 85.2 Å². The first-order valence-corrected chi connectivity index (χ1v) is 6.18. The minimum atomic E-state index is -1.15. The van der Waals surface area contributed by atoms with Crippen molar-refractivity contribution in [3.05, 3.63) is 41.8 Å². The Balaban J connectivity index is 2.06. The number of pyridine rings is 1. The Morgan fingerprint density at radius 2 is 2.16 bits per heavy atom. The predicted molar refractivity (Wildman–Crippen MR) is 68.7 cm³/mol. The van der Waals surface area contributed by atoms with Crippen LogP contribution in [0.15, 0.2) is 36.1 Å². The van der Waals surface area contributed by atoms with E-state index in [9.17, 15) is 4.79 Å². The fraction of sp³-hybridized carbons (Fsp3) is 0. The molecule has 3 heterocycles. The summed E-state index contributed by atoms with van der Waals surface area (Å²) < 4.78 is 6.32. The first-order valence-electron chi connectivity index (χ1n) is 5.30. The third-order valence-electron chi connectivity index (χ3n) is 2.39. The van der Waals surface area contributed by atoms with Crippen molar-refractivity contribution < 1.29 is 14.6 Å². The van der Waals surface area contributed by atoms with E-state index in [0.717, 1.165) is 10.2 Å². The molecule has 1 N–H and O–H groups in total. The van der Waals surface area contributed by atoms with Gasteiger partial charge in [0.15, 0.2) is 11.4 Å². The summed E-state index contributed by atoms with van der Waals surface area (Å²) in [6, 6.07) is 4.99. The van der Waals surface area contributed by atoms with E-state index < -0.39 is 5.97 Å². The van der Waals surface area contributed by atoms with Crippen molar-refractivity contribution in [3.63, 3.8) is 0 Å². The minimum absolute atomic E-state index is 0.147. The van der Waals surface area contributed by atoms with Gasteiger partial charge in [-0.2, -0.15) is 0 Å². The molecule has 0 fully saturated rings. The van der Waals surface area contributed by atoms with Crippen LogP contribution in [0.1, 0.15) is 10.5 Å². The van der Waals surface area contributed by atoms with Crippen molar-refractivity contribution in [1.82, 2.24) is 15.0 Å². The number of thiophene rings is 1. The highest BCUT2D eigenvalue weighted by atomic mass is 32.1. The molecule has 19 heavy (non-hydrogen) atoms. The van der Waals surface area contributed by atoms with Crippen molar-refractivity contribution in [2.45, 2.75) is 0 Å². The molecule has 0 amide bonds. The second-order valence-electron chi connectivity index (χ2n) is 3.57. The molecule has 0 spiro atoms. The van der Waals surface area contributed by atoms with Gasteiger partial charge >= 0.3 is 5.97 Å². The van der Waals surface area contributed by atoms with E-state index in [1.807, 2.05) is 11.4 Å². The molecular weight excluding hydrogens is 266 g/mol. The summed E-state index contributed by atoms with van der Waals surface area (Å²) in [6.45, 7) is 0. The van der Waals surface area contributed by atoms with E-state index in [-0.39, 0.29) is 11.4 Å². The van der Waals surface area contributed by atoms with Gasteiger partial charge in [-0.05, 0) is 23.6 Å². The van der Waals surface area contributed by atoms with E-state index in [4.69, 9.17) is 9.84 Å². The lowest BCUT2D eigenvalue weighted by Gasteiger charge is -2.06. The first kappa shape index (κ1) is 11.5. The van der Waals surface area contributed by atoms with E-state index in [2.05, 4.69) is 15.0 Å². The Morgan fingerprint density at radius 1 is 1.26 bits per heavy atom. The lowest BCUT2D eigenvalue weighted by Crippen LogP contribution is -2.03. The quantitative estimate of drug-likeness (QED) is 0.789. The Hall–Kier alpha value is -2.54. The van der Waals surface area contributed by atoms with Gasteiger partial charge in [-0.25, -0.2) is 19.7 Å². The van der Waals surface area contributed by atoms with Crippen LogP contribution in [0.4, 0.5) is 0 Å². The number of hydrogen-bond donors (Lipinski definition) is 1. The van der Waals surface area contributed by atoms with Gasteiger partial charge in [-0.3, -0.25) is 0 Å². The Morgan fingerprint density at radius 3 is 3.00 bits per heavy atom. The van der Waals surface area contributed by atoms with E-state index in [1.54, 1.807) is 6.07 Å². The van der Waals surface area contributed by atoms with Crippen LogP contribution >= 0.6 is 11.3 Å². The lowest BCUT2D eigenvalue weighted by atomic mass is 10.3. The van der Waals surface area contributed by atoms with Crippen LogP contribution in [0.25, 0.3) is 10.2 Å². The average molecular weight is 273 g/mol. The molecule has 0 bridgehead atoms. The van der Waals surface area contributed by atoms with Gasteiger partial charge < -0.3 is 9.84 Å². The van der Waals surface area contributed by atoms with Crippen LogP contribution in [0.5, 0.6) is 11.6 Å². The van der Waals surface area contributed by atoms with E-state index in [0.29, 0.717) is 5.88 Å². The molecule has 0 saturated heterocycles. The Labute approximate surface area is 111 Å². The molecule has 0 aliphatic rings. The zero-order chi connectivity index (χ0) is 13.2. The zero-order valence-electron chi connectivity index (χ0n) is 9.48. The number of carbonyl (C=O) groups is 1. The van der Waals surface area contributed by atoms with E-state index in [1.165, 1.54) is 29.9 Å². The van der Waals surface area contributed by atoms with Crippen molar-refractivity contribution >= 4 is 27.5 Å². The molecule has 0 aliphatic heterocycles. The van der Waals surface area contributed by atoms with Crippen molar-refractivity contribution in [2.24, 2.45) is 0 Å². The van der Waals surface area contributed by atoms with Crippen molar-refractivity contribution in [2.75, 3.05) is 0 Å². The number of aromatic carboxylic acids is 1. The molecular formula is C12H7N3O3S. The SMILES string of the molecule is O=C(O)c1ncccc1Oc1ncnc2ccsc12. The Bertz CT molecular complexity index is 757. The predicted octanol–water partition coefficient (Wildman–Crippen LogP) is 2.58. The number of rotatable bonds is 3. The van der Waals surface area contributed by atoms with Crippen LogP contribution in [0, 0.1) is 0 Å². The number of aromatic nitrogens is 3. The summed E-state index contributed by atoms with van der Waals surface area (Å²) in [4.78, 5) is 23.0. The van der Waals surface area contributed by atoms with Crippen LogP contribution in [0.2, 0.25) is 0 Å². The number of carboxylic acids is 1. The molecule has 0 atom stereocenters. The molecule has 6 nitrogen and oxygen atoms in total. The Kier molecular flexibility index (Phi) is 2.81. The van der Waals surface area contributed by atoms with Crippen LogP contribution in [-0.2, 0) is 0 Å². The minimum Gasteiger partial charge on any atom is -0.476 e. The second-order valence-corrected chi connectivity index (χ2v) is 4.49. The standard InChI is InChI=1S/C12H7N3O3S/c16-12(17)9-8(2-1-4-13-9)18-11-10-7(3-5-19-10)14-6-15-11/h1-6H,(H,16,17). The second kappa shape index (κ2) is 4.62. The van der Waals surface area contributed by atoms with Gasteiger partial charge in [0.05, 0.1) is 5.52 Å². The molecule has 0 aliphatic carbocycles. The summed E-state index contributed by atoms with van der Waals surface area (Å²) in [5.41, 5.74) is 0.613. The average Bonchev–Trinajstić information content (AvgIpc) is 2.88. The zero-order valence-corrected chi connectivity index (χ0v) is 10.3. The summed E-state index contributed by atoms with van der Waals surface area (Å²) in [6.07, 6.45) is 2.78. The first-order chi connectivity index (χ1) is 9.25. The summed E-state index contributed by atoms with van der Waals surface area (Å²) in [7, 11) is 0. The maximum Gasteiger partial charge on any atom is 0.358 e. The number of ether oxygens (including phenoxy) is 1. The van der Waals surface area contributed by atoms with Gasteiger partial charge in [0.2, 0.25) is 5.88 Å². The third kappa shape index (κ3) is 2.11. The number of carboxylic acid groups (broad SMARTS) is 1. The van der Waals surface area contributed by atoms with Gasteiger partial charge in [0.1, 0.15) is 11.0 Å². The maximum absolute atomic E-state index is 11.1. The van der Waals surface area contributed by atoms with Crippen LogP contribution < -0.4 is 4.74 Å².